The van der Waals surface area contributed by atoms with Crippen molar-refractivity contribution in [1.29, 1.82) is 0 Å². The van der Waals surface area contributed by atoms with Crippen molar-refractivity contribution >= 4 is 39.0 Å². The van der Waals surface area contributed by atoms with Gasteiger partial charge in [0.2, 0.25) is 0 Å². The van der Waals surface area contributed by atoms with Gasteiger partial charge in [-0.05, 0) is 23.8 Å². The Morgan fingerprint density at radius 3 is 3.11 bits per heavy atom. The Balaban J connectivity index is 2.04. The van der Waals surface area contributed by atoms with Crippen molar-refractivity contribution in [3.63, 3.8) is 0 Å². The molecule has 0 unspecified atom stereocenters. The Morgan fingerprint density at radius 1 is 1.47 bits per heavy atom. The van der Waals surface area contributed by atoms with Crippen LogP contribution in [0, 0.1) is 0 Å². The summed E-state index contributed by atoms with van der Waals surface area (Å²) in [6.07, 6.45) is 1.84. The van der Waals surface area contributed by atoms with Crippen LogP contribution in [0.2, 0.25) is 0 Å². The molecule has 1 N–H and O–H groups in total. The predicted octanol–water partition coefficient (Wildman–Crippen LogP) is 3.79. The number of ether oxygens (including phenoxy) is 1. The third-order valence-corrected chi connectivity index (χ3v) is 4.92. The molecule has 0 radical (unpaired) electrons. The third-order valence-electron chi connectivity index (χ3n) is 2.43. The van der Waals surface area contributed by atoms with Crippen LogP contribution in [0.15, 0.2) is 43.5 Å². The zero-order valence-electron chi connectivity index (χ0n) is 10.6. The molecule has 1 heterocycles. The van der Waals surface area contributed by atoms with Crippen LogP contribution in [0.1, 0.15) is 5.56 Å². The van der Waals surface area contributed by atoms with Crippen molar-refractivity contribution in [1.82, 2.24) is 10.3 Å². The number of hydrogen-bond donors (Lipinski definition) is 1. The van der Waals surface area contributed by atoms with E-state index in [1.165, 1.54) is 10.5 Å². The second kappa shape index (κ2) is 8.01. The molecule has 0 aliphatic rings. The van der Waals surface area contributed by atoms with Gasteiger partial charge in [0.05, 0.1) is 6.61 Å². The number of nitrogens with one attached hydrogen (secondary N) is 1. The van der Waals surface area contributed by atoms with Crippen molar-refractivity contribution in [2.75, 3.05) is 20.3 Å². The minimum absolute atomic E-state index is 0.725. The highest BCUT2D eigenvalue weighted by Gasteiger charge is 2.07. The number of thiazole rings is 1. The molecule has 1 aromatic heterocycles. The number of hydrogen-bond acceptors (Lipinski definition) is 5. The normalized spacial score (nSPS) is 10.8. The molecule has 0 fully saturated rings. The van der Waals surface area contributed by atoms with Gasteiger partial charge in [0, 0.05) is 41.1 Å². The van der Waals surface area contributed by atoms with E-state index in [0.717, 1.165) is 28.5 Å². The number of benzene rings is 1. The summed E-state index contributed by atoms with van der Waals surface area (Å²) in [6.45, 7) is 2.41. The molecular formula is C13H15BrN2OS2. The van der Waals surface area contributed by atoms with Crippen molar-refractivity contribution in [2.45, 2.75) is 15.8 Å². The van der Waals surface area contributed by atoms with Crippen molar-refractivity contribution in [3.8, 4) is 0 Å². The Labute approximate surface area is 129 Å². The lowest BCUT2D eigenvalue weighted by Crippen LogP contribution is -2.18. The topological polar surface area (TPSA) is 34.1 Å². The molecule has 2 aromatic rings. The average Bonchev–Trinajstić information content (AvgIpc) is 2.90. The summed E-state index contributed by atoms with van der Waals surface area (Å²) in [4.78, 5) is 5.55. The molecule has 0 saturated heterocycles. The second-order valence-electron chi connectivity index (χ2n) is 3.82. The summed E-state index contributed by atoms with van der Waals surface area (Å²) < 4.78 is 7.20. The van der Waals surface area contributed by atoms with Crippen LogP contribution in [0.25, 0.3) is 0 Å². The van der Waals surface area contributed by atoms with Gasteiger partial charge in [0.15, 0.2) is 4.34 Å². The minimum Gasteiger partial charge on any atom is -0.383 e. The molecule has 1 aromatic carbocycles. The lowest BCUT2D eigenvalue weighted by molar-refractivity contribution is 0.199. The fraction of sp³-hybridized carbons (Fsp3) is 0.308. The summed E-state index contributed by atoms with van der Waals surface area (Å²) in [6, 6.07) is 6.34. The molecule has 3 nitrogen and oxygen atoms in total. The first-order valence-electron chi connectivity index (χ1n) is 5.85. The predicted molar refractivity (Wildman–Crippen MR) is 84.0 cm³/mol. The number of nitrogens with zero attached hydrogens (tertiary/aromatic N) is 1. The van der Waals surface area contributed by atoms with Gasteiger partial charge in [-0.2, -0.15) is 0 Å². The molecule has 19 heavy (non-hydrogen) atoms. The van der Waals surface area contributed by atoms with Crippen LogP contribution in [-0.4, -0.2) is 25.2 Å². The second-order valence-corrected chi connectivity index (χ2v) is 6.92. The largest absolute Gasteiger partial charge is 0.383 e. The molecule has 0 atom stereocenters. The zero-order valence-corrected chi connectivity index (χ0v) is 13.8. The van der Waals surface area contributed by atoms with Crippen LogP contribution in [-0.2, 0) is 11.3 Å². The summed E-state index contributed by atoms with van der Waals surface area (Å²) in [7, 11) is 1.71. The number of halogens is 1. The minimum atomic E-state index is 0.725. The van der Waals surface area contributed by atoms with Crippen molar-refractivity contribution in [3.05, 3.63) is 39.8 Å². The molecule has 2 rings (SSSR count). The van der Waals surface area contributed by atoms with Crippen LogP contribution >= 0.6 is 39.0 Å². The number of aromatic nitrogens is 1. The smallest absolute Gasteiger partial charge is 0.154 e. The maximum Gasteiger partial charge on any atom is 0.154 e. The van der Waals surface area contributed by atoms with E-state index in [1.54, 1.807) is 30.2 Å². The zero-order chi connectivity index (χ0) is 13.5. The van der Waals surface area contributed by atoms with Gasteiger partial charge in [0.1, 0.15) is 0 Å². The van der Waals surface area contributed by atoms with Gasteiger partial charge in [-0.1, -0.05) is 27.7 Å². The first-order valence-corrected chi connectivity index (χ1v) is 8.34. The molecule has 0 bridgehead atoms. The third kappa shape index (κ3) is 4.89. The van der Waals surface area contributed by atoms with E-state index in [-0.39, 0.29) is 0 Å². The summed E-state index contributed by atoms with van der Waals surface area (Å²) in [5, 5.41) is 5.37. The standard InChI is InChI=1S/C13H15BrN2OS2/c1-17-6-4-15-9-10-8-11(14)2-3-12(10)19-13-16-5-7-18-13/h2-3,5,7-8,15H,4,6,9H2,1H3. The van der Waals surface area contributed by atoms with Gasteiger partial charge < -0.3 is 10.1 Å². The highest BCUT2D eigenvalue weighted by Crippen LogP contribution is 2.33. The van der Waals surface area contributed by atoms with E-state index in [4.69, 9.17) is 4.74 Å². The Morgan fingerprint density at radius 2 is 2.37 bits per heavy atom. The van der Waals surface area contributed by atoms with E-state index in [1.807, 2.05) is 11.6 Å². The Bertz CT molecular complexity index is 505. The van der Waals surface area contributed by atoms with Crippen molar-refractivity contribution in [2.24, 2.45) is 0 Å². The SMILES string of the molecule is COCCNCc1cc(Br)ccc1Sc1nccs1. The summed E-state index contributed by atoms with van der Waals surface area (Å²) >= 11 is 6.89. The fourth-order valence-electron chi connectivity index (χ4n) is 1.54. The van der Waals surface area contributed by atoms with E-state index >= 15 is 0 Å². The highest BCUT2D eigenvalue weighted by molar-refractivity contribution is 9.10. The Hall–Kier alpha value is -0.400. The molecular weight excluding hydrogens is 344 g/mol. The molecule has 0 amide bonds. The van der Waals surface area contributed by atoms with Gasteiger partial charge in [-0.3, -0.25) is 0 Å². The summed E-state index contributed by atoms with van der Waals surface area (Å²) in [5.41, 5.74) is 1.27. The van der Waals surface area contributed by atoms with E-state index < -0.39 is 0 Å². The van der Waals surface area contributed by atoms with Crippen molar-refractivity contribution < 1.29 is 4.74 Å². The highest BCUT2D eigenvalue weighted by atomic mass is 79.9. The fourth-order valence-corrected chi connectivity index (χ4v) is 3.63. The quantitative estimate of drug-likeness (QED) is 0.763. The molecule has 0 spiro atoms. The van der Waals surface area contributed by atoms with Crippen LogP contribution in [0.5, 0.6) is 0 Å². The van der Waals surface area contributed by atoms with E-state index in [2.05, 4.69) is 44.4 Å². The van der Waals surface area contributed by atoms with Crippen LogP contribution < -0.4 is 5.32 Å². The van der Waals surface area contributed by atoms with Gasteiger partial charge in [0.25, 0.3) is 0 Å². The molecule has 0 aliphatic heterocycles. The first-order chi connectivity index (χ1) is 9.29. The average molecular weight is 359 g/mol. The van der Waals surface area contributed by atoms with Gasteiger partial charge in [-0.25, -0.2) is 4.98 Å². The van der Waals surface area contributed by atoms with Gasteiger partial charge in [-0.15, -0.1) is 11.3 Å². The lowest BCUT2D eigenvalue weighted by Gasteiger charge is -2.10. The monoisotopic (exact) mass is 358 g/mol. The van der Waals surface area contributed by atoms with Gasteiger partial charge >= 0.3 is 0 Å². The van der Waals surface area contributed by atoms with Crippen LogP contribution in [0.4, 0.5) is 0 Å². The molecule has 6 heteroatoms. The maximum atomic E-state index is 5.03. The maximum absolute atomic E-state index is 5.03. The van der Waals surface area contributed by atoms with Crippen LogP contribution in [0.3, 0.4) is 0 Å². The molecule has 0 aliphatic carbocycles. The number of methoxy groups -OCH3 is 1. The Kier molecular flexibility index (Phi) is 6.33. The molecule has 102 valence electrons. The van der Waals surface area contributed by atoms with E-state index in [9.17, 15) is 0 Å². The molecule has 0 saturated carbocycles. The number of rotatable bonds is 7. The first kappa shape index (κ1) is 15.0. The summed E-state index contributed by atoms with van der Waals surface area (Å²) in [5.74, 6) is 0. The lowest BCUT2D eigenvalue weighted by atomic mass is 10.2. The van der Waals surface area contributed by atoms with E-state index in [0.29, 0.717) is 0 Å².